The van der Waals surface area contributed by atoms with Gasteiger partial charge in [-0.25, -0.2) is 9.48 Å². The first-order chi connectivity index (χ1) is 14.6. The summed E-state index contributed by atoms with van der Waals surface area (Å²) in [5.74, 6) is 1.85. The highest BCUT2D eigenvalue weighted by Gasteiger charge is 2.46. The topological polar surface area (TPSA) is 94.8 Å². The van der Waals surface area contributed by atoms with Crippen LogP contribution >= 0.6 is 34.9 Å². The maximum Gasteiger partial charge on any atom is 0.330 e. The summed E-state index contributed by atoms with van der Waals surface area (Å²) in [6.07, 6.45) is 2.87. The molecular weight excluding hydrogens is 442 g/mol. The van der Waals surface area contributed by atoms with Crippen molar-refractivity contribution >= 4 is 34.9 Å². The van der Waals surface area contributed by atoms with Crippen LogP contribution in [0.15, 0.2) is 45.6 Å². The summed E-state index contributed by atoms with van der Waals surface area (Å²) < 4.78 is 9.73. The Morgan fingerprint density at radius 3 is 2.70 bits per heavy atom. The summed E-state index contributed by atoms with van der Waals surface area (Å²) >= 11 is 5.24. The van der Waals surface area contributed by atoms with Crippen LogP contribution in [0.4, 0.5) is 0 Å². The molecule has 1 aliphatic heterocycles. The SMILES string of the molecule is CCS[C@@H]1[C@H](SCC)[C@@H](Cn2cc(-c3cccs3)nn2)O[C@H]1n1ccc(=O)[nH]c1=O. The van der Waals surface area contributed by atoms with Crippen molar-refractivity contribution in [2.24, 2.45) is 0 Å². The van der Waals surface area contributed by atoms with E-state index in [1.165, 1.54) is 16.8 Å². The van der Waals surface area contributed by atoms with E-state index in [0.717, 1.165) is 22.1 Å². The number of rotatable bonds is 8. The molecule has 1 fully saturated rings. The van der Waals surface area contributed by atoms with Crippen LogP contribution < -0.4 is 11.2 Å². The van der Waals surface area contributed by atoms with Gasteiger partial charge in [-0.2, -0.15) is 23.5 Å². The first-order valence-electron chi connectivity index (χ1n) is 9.74. The minimum atomic E-state index is -0.450. The molecule has 0 spiro atoms. The zero-order valence-electron chi connectivity index (χ0n) is 16.6. The minimum Gasteiger partial charge on any atom is -0.350 e. The van der Waals surface area contributed by atoms with Gasteiger partial charge in [-0.3, -0.25) is 14.3 Å². The van der Waals surface area contributed by atoms with Gasteiger partial charge in [-0.1, -0.05) is 25.1 Å². The second-order valence-electron chi connectivity index (χ2n) is 6.73. The predicted octanol–water partition coefficient (Wildman–Crippen LogP) is 2.70. The fourth-order valence-electron chi connectivity index (χ4n) is 3.58. The van der Waals surface area contributed by atoms with Crippen LogP contribution in [0.3, 0.4) is 0 Å². The molecule has 30 heavy (non-hydrogen) atoms. The molecule has 1 aliphatic rings. The molecular formula is C19H23N5O3S3. The highest BCUT2D eigenvalue weighted by Crippen LogP contribution is 2.43. The van der Waals surface area contributed by atoms with E-state index in [4.69, 9.17) is 4.74 Å². The van der Waals surface area contributed by atoms with Crippen LogP contribution in [0.2, 0.25) is 0 Å². The smallest absolute Gasteiger partial charge is 0.330 e. The third-order valence-corrected chi connectivity index (χ3v) is 8.43. The lowest BCUT2D eigenvalue weighted by atomic mass is 10.2. The standard InChI is InChI=1S/C19H23N5O3S3/c1-3-28-16-13(11-23-10-12(21-22-23)14-6-5-9-30-14)27-18(17(16)29-4-2)24-8-7-15(25)20-19(24)26/h5-10,13,16-18H,3-4,11H2,1-2H3,(H,20,25,26)/t13-,16-,17-,18-/m1/s1. The Labute approximate surface area is 186 Å². The van der Waals surface area contributed by atoms with E-state index < -0.39 is 17.5 Å². The van der Waals surface area contributed by atoms with E-state index in [9.17, 15) is 9.59 Å². The Kier molecular flexibility index (Phi) is 6.81. The van der Waals surface area contributed by atoms with E-state index in [1.807, 2.05) is 40.2 Å². The summed E-state index contributed by atoms with van der Waals surface area (Å²) in [7, 11) is 0. The molecule has 1 N–H and O–H groups in total. The molecule has 11 heteroatoms. The highest BCUT2D eigenvalue weighted by atomic mass is 32.2. The van der Waals surface area contributed by atoms with Crippen LogP contribution in [0.1, 0.15) is 20.1 Å². The van der Waals surface area contributed by atoms with Crippen molar-refractivity contribution in [2.45, 2.75) is 43.2 Å². The van der Waals surface area contributed by atoms with Crippen molar-refractivity contribution in [3.8, 4) is 10.6 Å². The molecule has 0 radical (unpaired) electrons. The molecule has 8 nitrogen and oxygen atoms in total. The van der Waals surface area contributed by atoms with E-state index in [-0.39, 0.29) is 16.6 Å². The molecule has 0 amide bonds. The van der Waals surface area contributed by atoms with Crippen molar-refractivity contribution < 1.29 is 4.74 Å². The van der Waals surface area contributed by atoms with Crippen molar-refractivity contribution in [3.05, 3.63) is 56.8 Å². The molecule has 0 aliphatic carbocycles. The molecule has 4 atom stereocenters. The second kappa shape index (κ2) is 9.54. The van der Waals surface area contributed by atoms with E-state index >= 15 is 0 Å². The average Bonchev–Trinajstić information content (AvgIpc) is 3.45. The third kappa shape index (κ3) is 4.43. The fourth-order valence-corrected chi connectivity index (χ4v) is 6.91. The van der Waals surface area contributed by atoms with Crippen LogP contribution in [-0.2, 0) is 11.3 Å². The summed E-state index contributed by atoms with van der Waals surface area (Å²) in [4.78, 5) is 27.3. The number of H-pyrrole nitrogens is 1. The molecule has 0 bridgehead atoms. The first-order valence-corrected chi connectivity index (χ1v) is 12.7. The van der Waals surface area contributed by atoms with Crippen LogP contribution in [-0.4, -0.2) is 52.7 Å². The summed E-state index contributed by atoms with van der Waals surface area (Å²) in [5, 5.41) is 10.9. The maximum atomic E-state index is 12.4. The second-order valence-corrected chi connectivity index (χ2v) is 10.6. The molecule has 0 unspecified atom stereocenters. The Bertz CT molecular complexity index is 1080. The maximum absolute atomic E-state index is 12.4. The van der Waals surface area contributed by atoms with Gasteiger partial charge in [0.1, 0.15) is 5.69 Å². The lowest BCUT2D eigenvalue weighted by molar-refractivity contribution is -0.00718. The number of aromatic amines is 1. The van der Waals surface area contributed by atoms with E-state index in [2.05, 4.69) is 29.1 Å². The predicted molar refractivity (Wildman–Crippen MR) is 122 cm³/mol. The van der Waals surface area contributed by atoms with E-state index in [0.29, 0.717) is 6.54 Å². The monoisotopic (exact) mass is 465 g/mol. The summed E-state index contributed by atoms with van der Waals surface area (Å²) in [6.45, 7) is 4.77. The zero-order valence-corrected chi connectivity index (χ0v) is 19.1. The number of aromatic nitrogens is 5. The van der Waals surface area contributed by atoms with Crippen LogP contribution in [0, 0.1) is 0 Å². The normalized spacial score (nSPS) is 23.8. The van der Waals surface area contributed by atoms with Gasteiger partial charge in [0.15, 0.2) is 6.23 Å². The van der Waals surface area contributed by atoms with Gasteiger partial charge < -0.3 is 4.74 Å². The van der Waals surface area contributed by atoms with Crippen molar-refractivity contribution in [1.29, 1.82) is 0 Å². The van der Waals surface area contributed by atoms with Gasteiger partial charge in [-0.05, 0) is 23.0 Å². The molecule has 0 aromatic carbocycles. The van der Waals surface area contributed by atoms with Gasteiger partial charge in [0.25, 0.3) is 5.56 Å². The highest BCUT2D eigenvalue weighted by molar-refractivity contribution is 8.03. The molecule has 160 valence electrons. The number of nitrogens with zero attached hydrogens (tertiary/aromatic N) is 4. The molecule has 4 rings (SSSR count). The molecule has 1 saturated heterocycles. The number of hydrogen-bond donors (Lipinski definition) is 1. The van der Waals surface area contributed by atoms with Crippen molar-refractivity contribution in [3.63, 3.8) is 0 Å². The van der Waals surface area contributed by atoms with E-state index in [1.54, 1.807) is 23.1 Å². The van der Waals surface area contributed by atoms with Crippen LogP contribution in [0.5, 0.6) is 0 Å². The lowest BCUT2D eigenvalue weighted by Gasteiger charge is -2.23. The first kappa shape index (κ1) is 21.4. The number of thioether (sulfide) groups is 2. The quantitative estimate of drug-likeness (QED) is 0.546. The van der Waals surface area contributed by atoms with Crippen molar-refractivity contribution in [1.82, 2.24) is 24.5 Å². The number of ether oxygens (including phenoxy) is 1. The Balaban J connectivity index is 1.61. The average molecular weight is 466 g/mol. The fraction of sp³-hybridized carbons (Fsp3) is 0.474. The molecule has 0 saturated carbocycles. The molecule has 3 aromatic heterocycles. The summed E-state index contributed by atoms with van der Waals surface area (Å²) in [5.41, 5.74) is -0.0138. The third-order valence-electron chi connectivity index (χ3n) is 4.81. The van der Waals surface area contributed by atoms with Gasteiger partial charge >= 0.3 is 5.69 Å². The van der Waals surface area contributed by atoms with Crippen LogP contribution in [0.25, 0.3) is 10.6 Å². The molecule has 4 heterocycles. The minimum absolute atomic E-state index is 0.0776. The van der Waals surface area contributed by atoms with Gasteiger partial charge in [0, 0.05) is 17.5 Å². The van der Waals surface area contributed by atoms with Gasteiger partial charge in [0.2, 0.25) is 0 Å². The number of nitrogens with one attached hydrogen (secondary N) is 1. The summed E-state index contributed by atoms with van der Waals surface area (Å²) in [6, 6.07) is 5.37. The lowest BCUT2D eigenvalue weighted by Crippen LogP contribution is -2.35. The van der Waals surface area contributed by atoms with Gasteiger partial charge in [-0.15, -0.1) is 16.4 Å². The van der Waals surface area contributed by atoms with Crippen molar-refractivity contribution in [2.75, 3.05) is 11.5 Å². The Hall–Kier alpha value is -1.82. The Morgan fingerprint density at radius 2 is 2.00 bits per heavy atom. The largest absolute Gasteiger partial charge is 0.350 e. The molecule has 3 aromatic rings. The number of thiophene rings is 1. The number of hydrogen-bond acceptors (Lipinski definition) is 8. The zero-order chi connectivity index (χ0) is 21.1. The Morgan fingerprint density at radius 1 is 1.20 bits per heavy atom. The van der Waals surface area contributed by atoms with Gasteiger partial charge in [0.05, 0.1) is 29.0 Å².